The van der Waals surface area contributed by atoms with Crippen LogP contribution in [-0.4, -0.2) is 4.98 Å². The van der Waals surface area contributed by atoms with Crippen LogP contribution in [-0.2, 0) is 6.61 Å². The Morgan fingerprint density at radius 3 is 2.25 bits per heavy atom. The molecule has 1 aromatic heterocycles. The Labute approximate surface area is 166 Å². The van der Waals surface area contributed by atoms with Gasteiger partial charge >= 0.3 is 0 Å². The minimum Gasteiger partial charge on any atom is -0.489 e. The standard InChI is InChI=1S/C26H25NO/c1-19(2)25(26-24-11-7-6-10-21(24)16-17-27-26)22-12-14-23(15-13-22)28-18-20-8-4-3-5-9-20/h3-17,19,25H,18H2,1-2H3. The number of benzene rings is 3. The van der Waals surface area contributed by atoms with Crippen molar-refractivity contribution in [2.45, 2.75) is 26.4 Å². The zero-order valence-electron chi connectivity index (χ0n) is 16.4. The molecule has 0 amide bonds. The van der Waals surface area contributed by atoms with Crippen LogP contribution in [0.2, 0.25) is 0 Å². The monoisotopic (exact) mass is 367 g/mol. The highest BCUT2D eigenvalue weighted by molar-refractivity contribution is 5.85. The van der Waals surface area contributed by atoms with E-state index in [4.69, 9.17) is 9.72 Å². The van der Waals surface area contributed by atoms with Crippen LogP contribution in [0.25, 0.3) is 10.8 Å². The summed E-state index contributed by atoms with van der Waals surface area (Å²) in [5.74, 6) is 1.57. The van der Waals surface area contributed by atoms with E-state index < -0.39 is 0 Å². The molecule has 0 bridgehead atoms. The Balaban J connectivity index is 1.60. The Morgan fingerprint density at radius 1 is 0.786 bits per heavy atom. The summed E-state index contributed by atoms with van der Waals surface area (Å²) in [6, 6.07) is 29.3. The van der Waals surface area contributed by atoms with Gasteiger partial charge in [0, 0.05) is 17.5 Å². The van der Waals surface area contributed by atoms with Gasteiger partial charge in [0.25, 0.3) is 0 Å². The van der Waals surface area contributed by atoms with E-state index in [-0.39, 0.29) is 5.92 Å². The van der Waals surface area contributed by atoms with E-state index in [1.165, 1.54) is 21.9 Å². The van der Waals surface area contributed by atoms with Crippen molar-refractivity contribution in [3.63, 3.8) is 0 Å². The van der Waals surface area contributed by atoms with Crippen LogP contribution in [0.4, 0.5) is 0 Å². The predicted molar refractivity (Wildman–Crippen MR) is 116 cm³/mol. The van der Waals surface area contributed by atoms with Crippen molar-refractivity contribution >= 4 is 10.8 Å². The smallest absolute Gasteiger partial charge is 0.119 e. The van der Waals surface area contributed by atoms with Gasteiger partial charge in [-0.1, -0.05) is 80.6 Å². The first kappa shape index (κ1) is 18.2. The summed E-state index contributed by atoms with van der Waals surface area (Å²) < 4.78 is 5.95. The van der Waals surface area contributed by atoms with Gasteiger partial charge in [0.2, 0.25) is 0 Å². The topological polar surface area (TPSA) is 22.1 Å². The SMILES string of the molecule is CC(C)C(c1ccc(OCc2ccccc2)cc1)c1nccc2ccccc12. The van der Waals surface area contributed by atoms with Crippen molar-refractivity contribution in [3.8, 4) is 5.75 Å². The highest BCUT2D eigenvalue weighted by Gasteiger charge is 2.21. The Hall–Kier alpha value is -3.13. The Morgan fingerprint density at radius 2 is 1.50 bits per heavy atom. The number of rotatable bonds is 6. The summed E-state index contributed by atoms with van der Waals surface area (Å²) in [5, 5.41) is 2.47. The molecule has 0 aliphatic heterocycles. The van der Waals surface area contributed by atoms with Gasteiger partial charge in [-0.05, 0) is 40.6 Å². The van der Waals surface area contributed by atoms with E-state index in [1.54, 1.807) is 0 Å². The fourth-order valence-electron chi connectivity index (χ4n) is 3.76. The molecular formula is C26H25NO. The number of hydrogen-bond donors (Lipinski definition) is 0. The zero-order chi connectivity index (χ0) is 19.3. The molecular weight excluding hydrogens is 342 g/mol. The molecule has 1 atom stereocenters. The largest absolute Gasteiger partial charge is 0.489 e. The fraction of sp³-hybridized carbons (Fsp3) is 0.192. The maximum absolute atomic E-state index is 5.95. The molecule has 0 fully saturated rings. The number of pyridine rings is 1. The first-order valence-corrected chi connectivity index (χ1v) is 9.82. The third-order valence-electron chi connectivity index (χ3n) is 5.15. The third-order valence-corrected chi connectivity index (χ3v) is 5.15. The Bertz CT molecular complexity index is 1030. The lowest BCUT2D eigenvalue weighted by Crippen LogP contribution is -2.11. The van der Waals surface area contributed by atoms with Crippen molar-refractivity contribution in [2.75, 3.05) is 0 Å². The zero-order valence-corrected chi connectivity index (χ0v) is 16.4. The summed E-state index contributed by atoms with van der Waals surface area (Å²) in [6.45, 7) is 5.10. The molecule has 3 aromatic carbocycles. The van der Waals surface area contributed by atoms with Crippen LogP contribution in [0.3, 0.4) is 0 Å². The number of nitrogens with zero attached hydrogens (tertiary/aromatic N) is 1. The number of fused-ring (bicyclic) bond motifs is 1. The van der Waals surface area contributed by atoms with Crippen LogP contribution in [0.1, 0.15) is 36.6 Å². The van der Waals surface area contributed by atoms with E-state index in [2.05, 4.69) is 80.6 Å². The molecule has 2 nitrogen and oxygen atoms in total. The molecule has 1 heterocycles. The van der Waals surface area contributed by atoms with Gasteiger partial charge in [0.15, 0.2) is 0 Å². The van der Waals surface area contributed by atoms with Crippen LogP contribution >= 0.6 is 0 Å². The summed E-state index contributed by atoms with van der Waals surface area (Å²) in [6.07, 6.45) is 1.92. The van der Waals surface area contributed by atoms with E-state index in [1.807, 2.05) is 24.4 Å². The van der Waals surface area contributed by atoms with Crippen molar-refractivity contribution in [1.82, 2.24) is 4.98 Å². The molecule has 0 radical (unpaired) electrons. The van der Waals surface area contributed by atoms with Crippen LogP contribution < -0.4 is 4.74 Å². The lowest BCUT2D eigenvalue weighted by molar-refractivity contribution is 0.306. The van der Waals surface area contributed by atoms with Gasteiger partial charge in [-0.2, -0.15) is 0 Å². The molecule has 140 valence electrons. The molecule has 0 N–H and O–H groups in total. The summed E-state index contributed by atoms with van der Waals surface area (Å²) in [5.41, 5.74) is 3.59. The predicted octanol–water partition coefficient (Wildman–Crippen LogP) is 6.60. The van der Waals surface area contributed by atoms with Crippen molar-refractivity contribution in [3.05, 3.63) is 108 Å². The van der Waals surface area contributed by atoms with Gasteiger partial charge in [-0.3, -0.25) is 4.98 Å². The second-order valence-corrected chi connectivity index (χ2v) is 7.48. The first-order valence-electron chi connectivity index (χ1n) is 9.82. The second kappa shape index (κ2) is 8.26. The maximum Gasteiger partial charge on any atom is 0.119 e. The molecule has 0 aliphatic carbocycles. The molecule has 1 unspecified atom stereocenters. The van der Waals surface area contributed by atoms with Crippen LogP contribution in [0.15, 0.2) is 91.1 Å². The first-order chi connectivity index (χ1) is 13.7. The second-order valence-electron chi connectivity index (χ2n) is 7.48. The molecule has 0 aliphatic rings. The van der Waals surface area contributed by atoms with Gasteiger partial charge in [0.05, 0.1) is 5.69 Å². The summed E-state index contributed by atoms with van der Waals surface area (Å²) in [4.78, 5) is 4.77. The fourth-order valence-corrected chi connectivity index (χ4v) is 3.76. The number of ether oxygens (including phenoxy) is 1. The molecule has 2 heteroatoms. The van der Waals surface area contributed by atoms with Gasteiger partial charge in [0.1, 0.15) is 12.4 Å². The minimum absolute atomic E-state index is 0.245. The van der Waals surface area contributed by atoms with Crippen molar-refractivity contribution in [2.24, 2.45) is 5.92 Å². The molecule has 4 aromatic rings. The number of hydrogen-bond acceptors (Lipinski definition) is 2. The highest BCUT2D eigenvalue weighted by Crippen LogP contribution is 2.35. The van der Waals surface area contributed by atoms with E-state index in [0.29, 0.717) is 12.5 Å². The molecule has 28 heavy (non-hydrogen) atoms. The Kier molecular flexibility index (Phi) is 5.38. The molecule has 4 rings (SSSR count). The number of aromatic nitrogens is 1. The van der Waals surface area contributed by atoms with E-state index >= 15 is 0 Å². The lowest BCUT2D eigenvalue weighted by atomic mass is 9.83. The van der Waals surface area contributed by atoms with Crippen LogP contribution in [0, 0.1) is 5.92 Å². The minimum atomic E-state index is 0.245. The summed E-state index contributed by atoms with van der Waals surface area (Å²) >= 11 is 0. The van der Waals surface area contributed by atoms with Gasteiger partial charge in [-0.25, -0.2) is 0 Å². The molecule has 0 saturated carbocycles. The lowest BCUT2D eigenvalue weighted by Gasteiger charge is -2.23. The average molecular weight is 367 g/mol. The van der Waals surface area contributed by atoms with Crippen molar-refractivity contribution in [1.29, 1.82) is 0 Å². The summed E-state index contributed by atoms with van der Waals surface area (Å²) in [7, 11) is 0. The van der Waals surface area contributed by atoms with Gasteiger partial charge in [-0.15, -0.1) is 0 Å². The van der Waals surface area contributed by atoms with Crippen molar-refractivity contribution < 1.29 is 4.74 Å². The normalized spacial score (nSPS) is 12.2. The van der Waals surface area contributed by atoms with Gasteiger partial charge < -0.3 is 4.74 Å². The molecule has 0 saturated heterocycles. The third kappa shape index (κ3) is 3.91. The quantitative estimate of drug-likeness (QED) is 0.383. The molecule has 0 spiro atoms. The van der Waals surface area contributed by atoms with E-state index in [0.717, 1.165) is 11.4 Å². The average Bonchev–Trinajstić information content (AvgIpc) is 2.74. The van der Waals surface area contributed by atoms with E-state index in [9.17, 15) is 0 Å². The highest BCUT2D eigenvalue weighted by atomic mass is 16.5. The maximum atomic E-state index is 5.95. The van der Waals surface area contributed by atoms with Crippen LogP contribution in [0.5, 0.6) is 5.75 Å².